The summed E-state index contributed by atoms with van der Waals surface area (Å²) in [7, 11) is 0. The highest BCUT2D eigenvalue weighted by atomic mass is 16.5. The average Bonchev–Trinajstić information content (AvgIpc) is 3.42. The molecular weight excluding hydrogens is 340 g/mol. The summed E-state index contributed by atoms with van der Waals surface area (Å²) in [5.74, 6) is 1.32. The maximum Gasteiger partial charge on any atom is 0.235 e. The summed E-state index contributed by atoms with van der Waals surface area (Å²) in [6, 6.07) is 8.80. The minimum atomic E-state index is -0.698. The maximum atomic E-state index is 12.4. The van der Waals surface area contributed by atoms with Gasteiger partial charge in [0.25, 0.3) is 0 Å². The molecule has 1 atom stereocenters. The van der Waals surface area contributed by atoms with Gasteiger partial charge in [-0.05, 0) is 42.9 Å². The lowest BCUT2D eigenvalue weighted by Gasteiger charge is -2.35. The number of nitrogens with zero attached hydrogens (tertiary/aromatic N) is 3. The van der Waals surface area contributed by atoms with Gasteiger partial charge in [-0.1, -0.05) is 12.1 Å². The molecule has 27 heavy (non-hydrogen) atoms. The Bertz CT molecular complexity index is 747. The molecule has 1 amide bonds. The maximum absolute atomic E-state index is 12.4. The highest BCUT2D eigenvalue weighted by Gasteiger charge is 2.43. The average molecular weight is 368 g/mol. The molecule has 0 aromatic heterocycles. The SMILES string of the molecule is C[C@](C#N)(NC(=O)CN1CCN(Cc2ccc3c(c2)CCO3)CC1)C1CC1. The van der Waals surface area contributed by atoms with Gasteiger partial charge in [-0.15, -0.1) is 0 Å². The van der Waals surface area contributed by atoms with Crippen LogP contribution in [0, 0.1) is 17.2 Å². The van der Waals surface area contributed by atoms with Gasteiger partial charge in [0, 0.05) is 39.1 Å². The molecule has 1 N–H and O–H groups in total. The number of hydrogen-bond acceptors (Lipinski definition) is 5. The van der Waals surface area contributed by atoms with Gasteiger partial charge in [0.1, 0.15) is 11.3 Å². The van der Waals surface area contributed by atoms with Crippen LogP contribution >= 0.6 is 0 Å². The van der Waals surface area contributed by atoms with Crippen molar-refractivity contribution in [3.63, 3.8) is 0 Å². The van der Waals surface area contributed by atoms with E-state index in [9.17, 15) is 10.1 Å². The number of carbonyl (C=O) groups excluding carboxylic acids is 1. The molecular formula is C21H28N4O2. The first-order valence-electron chi connectivity index (χ1n) is 9.97. The summed E-state index contributed by atoms with van der Waals surface area (Å²) < 4.78 is 5.58. The number of carbonyl (C=O) groups is 1. The summed E-state index contributed by atoms with van der Waals surface area (Å²) in [4.78, 5) is 17.0. The molecule has 1 saturated carbocycles. The van der Waals surface area contributed by atoms with Crippen molar-refractivity contribution in [2.24, 2.45) is 5.92 Å². The Balaban J connectivity index is 1.23. The van der Waals surface area contributed by atoms with Crippen LogP contribution in [0.4, 0.5) is 0 Å². The minimum Gasteiger partial charge on any atom is -0.493 e. The first-order valence-corrected chi connectivity index (χ1v) is 9.97. The van der Waals surface area contributed by atoms with E-state index in [4.69, 9.17) is 4.74 Å². The second kappa shape index (κ2) is 7.49. The van der Waals surface area contributed by atoms with E-state index in [-0.39, 0.29) is 5.91 Å². The predicted octanol–water partition coefficient (Wildman–Crippen LogP) is 1.55. The lowest BCUT2D eigenvalue weighted by molar-refractivity contribution is -0.124. The fraction of sp³-hybridized carbons (Fsp3) is 0.619. The van der Waals surface area contributed by atoms with Crippen LogP contribution in [-0.2, 0) is 17.8 Å². The molecule has 2 aliphatic heterocycles. The zero-order chi connectivity index (χ0) is 18.9. The molecule has 6 heteroatoms. The van der Waals surface area contributed by atoms with E-state index >= 15 is 0 Å². The van der Waals surface area contributed by atoms with Gasteiger partial charge in [-0.2, -0.15) is 5.26 Å². The summed E-state index contributed by atoms with van der Waals surface area (Å²) in [6.45, 7) is 7.66. The fourth-order valence-electron chi connectivity index (χ4n) is 4.12. The number of ether oxygens (including phenoxy) is 1. The van der Waals surface area contributed by atoms with Gasteiger partial charge >= 0.3 is 0 Å². The Hall–Kier alpha value is -2.10. The van der Waals surface area contributed by atoms with E-state index in [1.807, 2.05) is 6.92 Å². The van der Waals surface area contributed by atoms with Crippen molar-refractivity contribution in [3.05, 3.63) is 29.3 Å². The Morgan fingerprint density at radius 2 is 2.04 bits per heavy atom. The van der Waals surface area contributed by atoms with Crippen molar-refractivity contribution < 1.29 is 9.53 Å². The van der Waals surface area contributed by atoms with Crippen molar-refractivity contribution in [1.82, 2.24) is 15.1 Å². The van der Waals surface area contributed by atoms with Crippen LogP contribution in [0.2, 0.25) is 0 Å². The largest absolute Gasteiger partial charge is 0.493 e. The van der Waals surface area contributed by atoms with E-state index in [2.05, 4.69) is 39.4 Å². The van der Waals surface area contributed by atoms with Gasteiger partial charge in [-0.3, -0.25) is 14.6 Å². The topological polar surface area (TPSA) is 68.6 Å². The number of rotatable bonds is 6. The van der Waals surface area contributed by atoms with E-state index in [0.717, 1.165) is 64.3 Å². The Morgan fingerprint density at radius 3 is 2.74 bits per heavy atom. The molecule has 1 aliphatic carbocycles. The molecule has 6 nitrogen and oxygen atoms in total. The van der Waals surface area contributed by atoms with E-state index < -0.39 is 5.54 Å². The van der Waals surface area contributed by atoms with Crippen molar-refractivity contribution >= 4 is 5.91 Å². The lowest BCUT2D eigenvalue weighted by atomic mass is 9.98. The molecule has 4 rings (SSSR count). The van der Waals surface area contributed by atoms with Crippen molar-refractivity contribution in [1.29, 1.82) is 5.26 Å². The predicted molar refractivity (Wildman–Crippen MR) is 102 cm³/mol. The molecule has 1 aromatic carbocycles. The molecule has 1 aromatic rings. The monoisotopic (exact) mass is 368 g/mol. The van der Waals surface area contributed by atoms with Gasteiger partial charge in [0.15, 0.2) is 0 Å². The third-order valence-corrected chi connectivity index (χ3v) is 6.02. The molecule has 2 fully saturated rings. The molecule has 0 radical (unpaired) electrons. The summed E-state index contributed by atoms with van der Waals surface area (Å²) in [5, 5.41) is 12.4. The third-order valence-electron chi connectivity index (χ3n) is 6.02. The highest BCUT2D eigenvalue weighted by Crippen LogP contribution is 2.39. The number of nitrogens with one attached hydrogen (secondary N) is 1. The molecule has 2 heterocycles. The number of fused-ring (bicyclic) bond motifs is 1. The molecule has 1 saturated heterocycles. The number of hydrogen-bond donors (Lipinski definition) is 1. The highest BCUT2D eigenvalue weighted by molar-refractivity contribution is 5.79. The van der Waals surface area contributed by atoms with Crippen LogP contribution in [-0.4, -0.2) is 60.6 Å². The zero-order valence-corrected chi connectivity index (χ0v) is 16.0. The van der Waals surface area contributed by atoms with E-state index in [0.29, 0.717) is 12.5 Å². The fourth-order valence-corrected chi connectivity index (χ4v) is 4.12. The summed E-state index contributed by atoms with van der Waals surface area (Å²) >= 11 is 0. The molecule has 0 unspecified atom stereocenters. The summed E-state index contributed by atoms with van der Waals surface area (Å²) in [6.07, 6.45) is 3.09. The first-order chi connectivity index (χ1) is 13.1. The van der Waals surface area contributed by atoms with Gasteiger partial charge in [0.2, 0.25) is 5.91 Å². The number of piperazine rings is 1. The van der Waals surface area contributed by atoms with Gasteiger partial charge in [-0.25, -0.2) is 0 Å². The number of nitriles is 1. The third kappa shape index (κ3) is 4.26. The molecule has 0 bridgehead atoms. The summed E-state index contributed by atoms with van der Waals surface area (Å²) in [5.41, 5.74) is 1.95. The Kier molecular flexibility index (Phi) is 5.07. The van der Waals surface area contributed by atoms with Crippen LogP contribution in [0.15, 0.2) is 18.2 Å². The van der Waals surface area contributed by atoms with Crippen molar-refractivity contribution in [3.8, 4) is 11.8 Å². The quantitative estimate of drug-likeness (QED) is 0.825. The zero-order valence-electron chi connectivity index (χ0n) is 16.0. The molecule has 0 spiro atoms. The Morgan fingerprint density at radius 1 is 1.30 bits per heavy atom. The second-order valence-corrected chi connectivity index (χ2v) is 8.23. The van der Waals surface area contributed by atoms with Crippen LogP contribution in [0.25, 0.3) is 0 Å². The smallest absolute Gasteiger partial charge is 0.235 e. The normalized spacial score (nSPS) is 22.4. The van der Waals surface area contributed by atoms with Gasteiger partial charge < -0.3 is 10.1 Å². The van der Waals surface area contributed by atoms with Crippen LogP contribution in [0.1, 0.15) is 30.9 Å². The van der Waals surface area contributed by atoms with Crippen molar-refractivity contribution in [2.45, 2.75) is 38.3 Å². The first kappa shape index (κ1) is 18.3. The molecule has 144 valence electrons. The lowest BCUT2D eigenvalue weighted by Crippen LogP contribution is -2.53. The number of benzene rings is 1. The number of amides is 1. The van der Waals surface area contributed by atoms with Gasteiger partial charge in [0.05, 0.1) is 19.2 Å². The van der Waals surface area contributed by atoms with Crippen LogP contribution in [0.3, 0.4) is 0 Å². The van der Waals surface area contributed by atoms with Crippen LogP contribution < -0.4 is 10.1 Å². The van der Waals surface area contributed by atoms with Crippen molar-refractivity contribution in [2.75, 3.05) is 39.3 Å². The second-order valence-electron chi connectivity index (χ2n) is 8.23. The van der Waals surface area contributed by atoms with Crippen LogP contribution in [0.5, 0.6) is 5.75 Å². The standard InChI is InChI=1S/C21H28N4O2/c1-21(15-22,18-3-4-18)23-20(26)14-25-9-7-24(8-10-25)13-16-2-5-19-17(12-16)6-11-27-19/h2,5,12,18H,3-4,6-11,13-14H2,1H3,(H,23,26)/t21-/m1/s1. The van der Waals surface area contributed by atoms with E-state index in [1.54, 1.807) is 0 Å². The molecule has 3 aliphatic rings. The minimum absolute atomic E-state index is 0.0296. The Labute approximate surface area is 161 Å². The van der Waals surface area contributed by atoms with E-state index in [1.165, 1.54) is 11.1 Å².